The van der Waals surface area contributed by atoms with E-state index in [1.807, 2.05) is 42.5 Å². The van der Waals surface area contributed by atoms with Crippen LogP contribution in [0.4, 0.5) is 11.4 Å². The molecule has 0 aromatic heterocycles. The van der Waals surface area contributed by atoms with Crippen LogP contribution in [0.15, 0.2) is 48.2 Å². The largest absolute Gasteiger partial charge is 0.497 e. The van der Waals surface area contributed by atoms with Crippen LogP contribution in [0.2, 0.25) is 0 Å². The van der Waals surface area contributed by atoms with Crippen LogP contribution in [0.1, 0.15) is 31.9 Å². The number of nitrogens with two attached hydrogens (primary N) is 1. The Kier molecular flexibility index (Phi) is 5.86. The Bertz CT molecular complexity index is 788. The van der Waals surface area contributed by atoms with Crippen molar-refractivity contribution < 1.29 is 9.53 Å². The van der Waals surface area contributed by atoms with Crippen LogP contribution in [-0.4, -0.2) is 19.4 Å². The number of Topliss-reactive ketones (excluding diaryl/α,β-unsaturated/α-hetero) is 1. The molecule has 2 N–H and O–H groups in total. The molecule has 0 bridgehead atoms. The van der Waals surface area contributed by atoms with Gasteiger partial charge in [-0.05, 0) is 69.2 Å². The molecule has 0 aliphatic heterocycles. The van der Waals surface area contributed by atoms with Crippen LogP contribution in [0.3, 0.4) is 0 Å². The van der Waals surface area contributed by atoms with Crippen molar-refractivity contribution in [1.29, 1.82) is 0 Å². The highest BCUT2D eigenvalue weighted by Crippen LogP contribution is 2.32. The van der Waals surface area contributed by atoms with Gasteiger partial charge in [-0.1, -0.05) is 12.1 Å². The summed E-state index contributed by atoms with van der Waals surface area (Å²) in [6.07, 6.45) is 0. The number of rotatable bonds is 6. The first kappa shape index (κ1) is 18.6. The molecule has 0 saturated heterocycles. The Morgan fingerprint density at radius 2 is 1.76 bits per heavy atom. The van der Waals surface area contributed by atoms with Crippen LogP contribution in [0.5, 0.6) is 5.75 Å². The van der Waals surface area contributed by atoms with E-state index in [0.717, 1.165) is 34.8 Å². The maximum Gasteiger partial charge on any atom is 0.162 e. The second-order valence-electron chi connectivity index (χ2n) is 6.06. The molecule has 0 fully saturated rings. The second-order valence-corrected chi connectivity index (χ2v) is 6.06. The predicted molar refractivity (Wildman–Crippen MR) is 104 cm³/mol. The first-order valence-corrected chi connectivity index (χ1v) is 8.39. The average molecular weight is 338 g/mol. The van der Waals surface area contributed by atoms with E-state index in [9.17, 15) is 4.79 Å². The van der Waals surface area contributed by atoms with Gasteiger partial charge in [-0.25, -0.2) is 0 Å². The molecule has 132 valence electrons. The van der Waals surface area contributed by atoms with Gasteiger partial charge in [0.25, 0.3) is 0 Å². The Labute approximate surface area is 149 Å². The van der Waals surface area contributed by atoms with Gasteiger partial charge in [0.2, 0.25) is 0 Å². The molecule has 25 heavy (non-hydrogen) atoms. The van der Waals surface area contributed by atoms with Gasteiger partial charge in [0.15, 0.2) is 5.78 Å². The highest BCUT2D eigenvalue weighted by atomic mass is 16.5. The summed E-state index contributed by atoms with van der Waals surface area (Å²) >= 11 is 0. The third-order valence-electron chi connectivity index (χ3n) is 4.24. The predicted octanol–water partition coefficient (Wildman–Crippen LogP) is 4.44. The van der Waals surface area contributed by atoms with Crippen molar-refractivity contribution in [1.82, 2.24) is 0 Å². The minimum Gasteiger partial charge on any atom is -0.497 e. The number of nitrogens with zero attached hydrogens (tertiary/aromatic N) is 1. The third kappa shape index (κ3) is 4.02. The van der Waals surface area contributed by atoms with Gasteiger partial charge in [0, 0.05) is 29.2 Å². The van der Waals surface area contributed by atoms with Crippen molar-refractivity contribution in [2.24, 2.45) is 5.73 Å². The lowest BCUT2D eigenvalue weighted by atomic mass is 9.98. The van der Waals surface area contributed by atoms with Crippen molar-refractivity contribution in [3.05, 3.63) is 59.3 Å². The van der Waals surface area contributed by atoms with Gasteiger partial charge >= 0.3 is 0 Å². The Morgan fingerprint density at radius 1 is 1.12 bits per heavy atom. The summed E-state index contributed by atoms with van der Waals surface area (Å²) in [6, 6.07) is 14.0. The molecule has 0 radical (unpaired) electrons. The van der Waals surface area contributed by atoms with Crippen molar-refractivity contribution in [3.8, 4) is 5.75 Å². The Hall–Kier alpha value is -2.75. The molecule has 0 atom stereocenters. The monoisotopic (exact) mass is 338 g/mol. The summed E-state index contributed by atoms with van der Waals surface area (Å²) in [4.78, 5) is 14.2. The van der Waals surface area contributed by atoms with E-state index >= 15 is 0 Å². The van der Waals surface area contributed by atoms with Crippen LogP contribution >= 0.6 is 0 Å². The number of methoxy groups -OCH3 is 1. The summed E-state index contributed by atoms with van der Waals surface area (Å²) in [5, 5.41) is 0. The summed E-state index contributed by atoms with van der Waals surface area (Å²) in [6.45, 7) is 8.28. The molecule has 4 heteroatoms. The molecule has 4 nitrogen and oxygen atoms in total. The Morgan fingerprint density at radius 3 is 2.24 bits per heavy atom. The van der Waals surface area contributed by atoms with Gasteiger partial charge in [0.05, 0.1) is 7.11 Å². The molecule has 0 aliphatic carbocycles. The number of carbonyl (C=O) groups is 1. The minimum absolute atomic E-state index is 0.0256. The number of carbonyl (C=O) groups excluding carboxylic acids is 1. The smallest absolute Gasteiger partial charge is 0.162 e. The van der Waals surface area contributed by atoms with Crippen LogP contribution in [-0.2, 0) is 4.79 Å². The quantitative estimate of drug-likeness (QED) is 0.791. The number of aryl methyl sites for hydroxylation is 1. The highest BCUT2D eigenvalue weighted by molar-refractivity contribution is 6.20. The third-order valence-corrected chi connectivity index (χ3v) is 4.24. The molecule has 2 aromatic carbocycles. The molecule has 2 rings (SSSR count). The zero-order valence-corrected chi connectivity index (χ0v) is 15.6. The van der Waals surface area contributed by atoms with Crippen LogP contribution in [0.25, 0.3) is 5.57 Å². The standard InChI is InChI=1S/C21H26N2O2/c1-6-23(18-9-11-19(25-5)12-10-18)20-13-17(8-7-14(20)2)21(15(3)22)16(4)24/h7-13H,6,22H2,1-5H3. The fourth-order valence-electron chi connectivity index (χ4n) is 3.02. The summed E-state index contributed by atoms with van der Waals surface area (Å²) in [5.41, 5.74) is 11.2. The zero-order chi connectivity index (χ0) is 18.6. The molecule has 0 unspecified atom stereocenters. The fraction of sp³-hybridized carbons (Fsp3) is 0.286. The van der Waals surface area contributed by atoms with Gasteiger partial charge in [-0.15, -0.1) is 0 Å². The first-order valence-electron chi connectivity index (χ1n) is 8.39. The topological polar surface area (TPSA) is 55.6 Å². The van der Waals surface area contributed by atoms with Crippen LogP contribution in [0, 0.1) is 6.92 Å². The first-order chi connectivity index (χ1) is 11.9. The van der Waals surface area contributed by atoms with Gasteiger partial charge in [-0.3, -0.25) is 4.79 Å². The second kappa shape index (κ2) is 7.88. The fourth-order valence-corrected chi connectivity index (χ4v) is 3.02. The number of benzene rings is 2. The van der Waals surface area contributed by atoms with E-state index in [1.165, 1.54) is 0 Å². The molecule has 0 aliphatic rings. The van der Waals surface area contributed by atoms with E-state index in [2.05, 4.69) is 18.7 Å². The van der Waals surface area contributed by atoms with Gasteiger partial charge in [0.1, 0.15) is 5.75 Å². The van der Waals surface area contributed by atoms with Crippen molar-refractivity contribution in [2.75, 3.05) is 18.6 Å². The Balaban J connectivity index is 2.53. The molecular formula is C21H26N2O2. The molecule has 0 saturated carbocycles. The minimum atomic E-state index is -0.0256. The lowest BCUT2D eigenvalue weighted by molar-refractivity contribution is -0.111. The van der Waals surface area contributed by atoms with Crippen molar-refractivity contribution >= 4 is 22.7 Å². The number of allylic oxidation sites excluding steroid dienone is 2. The van der Waals surface area contributed by atoms with Crippen molar-refractivity contribution in [3.63, 3.8) is 0 Å². The number of ether oxygens (including phenoxy) is 1. The lowest BCUT2D eigenvalue weighted by Crippen LogP contribution is -2.17. The lowest BCUT2D eigenvalue weighted by Gasteiger charge is -2.26. The normalized spacial score (nSPS) is 11.7. The maximum atomic E-state index is 12.0. The summed E-state index contributed by atoms with van der Waals surface area (Å²) in [7, 11) is 1.66. The van der Waals surface area contributed by atoms with E-state index < -0.39 is 0 Å². The van der Waals surface area contributed by atoms with E-state index in [1.54, 1.807) is 21.0 Å². The van der Waals surface area contributed by atoms with E-state index in [4.69, 9.17) is 10.5 Å². The zero-order valence-electron chi connectivity index (χ0n) is 15.6. The molecule has 2 aromatic rings. The number of hydrogen-bond donors (Lipinski definition) is 1. The molecule has 0 spiro atoms. The maximum absolute atomic E-state index is 12.0. The van der Waals surface area contributed by atoms with Crippen LogP contribution < -0.4 is 15.4 Å². The SMILES string of the molecule is CCN(c1ccc(OC)cc1)c1cc(C(C(C)=O)=C(C)N)ccc1C. The average Bonchev–Trinajstić information content (AvgIpc) is 2.58. The number of anilines is 2. The number of ketones is 1. The van der Waals surface area contributed by atoms with E-state index in [0.29, 0.717) is 11.3 Å². The highest BCUT2D eigenvalue weighted by Gasteiger charge is 2.15. The van der Waals surface area contributed by atoms with Gasteiger partial charge < -0.3 is 15.4 Å². The number of hydrogen-bond acceptors (Lipinski definition) is 4. The van der Waals surface area contributed by atoms with Crippen molar-refractivity contribution in [2.45, 2.75) is 27.7 Å². The van der Waals surface area contributed by atoms with E-state index in [-0.39, 0.29) is 5.78 Å². The molecule has 0 heterocycles. The van der Waals surface area contributed by atoms with Gasteiger partial charge in [-0.2, -0.15) is 0 Å². The molecular weight excluding hydrogens is 312 g/mol. The summed E-state index contributed by atoms with van der Waals surface area (Å²) in [5.74, 6) is 0.799. The molecule has 0 amide bonds. The summed E-state index contributed by atoms with van der Waals surface area (Å²) < 4.78 is 5.24.